The lowest BCUT2D eigenvalue weighted by Crippen LogP contribution is -2.16. The molecule has 0 aromatic heterocycles. The van der Waals surface area contributed by atoms with Gasteiger partial charge in [0.05, 0.1) is 0 Å². The van der Waals surface area contributed by atoms with E-state index in [1.807, 2.05) is 0 Å². The van der Waals surface area contributed by atoms with Gasteiger partial charge in [-0.05, 0) is 41.7 Å². The summed E-state index contributed by atoms with van der Waals surface area (Å²) in [5, 5.41) is 0. The largest absolute Gasteiger partial charge is 0.370 e. The first kappa shape index (κ1) is 15.4. The first-order chi connectivity index (χ1) is 11.3. The second-order valence-corrected chi connectivity index (χ2v) is 5.99. The fourth-order valence-corrected chi connectivity index (χ4v) is 2.80. The summed E-state index contributed by atoms with van der Waals surface area (Å²) in [4.78, 5) is 2.29. The van der Waals surface area contributed by atoms with E-state index < -0.39 is 0 Å². The van der Waals surface area contributed by atoms with Crippen LogP contribution >= 0.6 is 0 Å². The molecule has 0 amide bonds. The molecule has 0 radical (unpaired) electrons. The molecule has 0 bridgehead atoms. The van der Waals surface area contributed by atoms with Gasteiger partial charge < -0.3 is 4.90 Å². The molecule has 0 saturated heterocycles. The summed E-state index contributed by atoms with van der Waals surface area (Å²) in [6.07, 6.45) is 2.19. The van der Waals surface area contributed by atoms with Crippen molar-refractivity contribution in [2.24, 2.45) is 0 Å². The van der Waals surface area contributed by atoms with Gasteiger partial charge in [0.25, 0.3) is 0 Å². The minimum Gasteiger partial charge on any atom is -0.370 e. The molecule has 0 fully saturated rings. The molecule has 3 aromatic rings. The van der Waals surface area contributed by atoms with Crippen LogP contribution in [0.2, 0.25) is 0 Å². The summed E-state index contributed by atoms with van der Waals surface area (Å²) in [5.74, 6) is 0. The zero-order chi connectivity index (χ0) is 15.9. The molecule has 3 aromatic carbocycles. The van der Waals surface area contributed by atoms with E-state index in [0.717, 1.165) is 19.4 Å². The van der Waals surface area contributed by atoms with E-state index in [2.05, 4.69) is 96.9 Å². The highest BCUT2D eigenvalue weighted by atomic mass is 15.1. The van der Waals surface area contributed by atoms with Crippen molar-refractivity contribution in [1.82, 2.24) is 0 Å². The summed E-state index contributed by atoms with van der Waals surface area (Å²) in [6, 6.07) is 30.2. The second kappa shape index (κ2) is 7.64. The van der Waals surface area contributed by atoms with Crippen LogP contribution in [0.5, 0.6) is 0 Å². The molecule has 0 saturated carbocycles. The number of nitrogens with zero attached hydrogens (tertiary/aromatic N) is 1. The van der Waals surface area contributed by atoms with Gasteiger partial charge in [0.1, 0.15) is 0 Å². The van der Waals surface area contributed by atoms with E-state index in [1.165, 1.54) is 22.4 Å². The Labute approximate surface area is 139 Å². The van der Waals surface area contributed by atoms with Crippen molar-refractivity contribution in [2.45, 2.75) is 19.4 Å². The average Bonchev–Trinajstić information content (AvgIpc) is 2.62. The molecule has 0 heterocycles. The van der Waals surface area contributed by atoms with Crippen LogP contribution in [0.25, 0.3) is 0 Å². The summed E-state index contributed by atoms with van der Waals surface area (Å²) in [7, 11) is 2.14. The lowest BCUT2D eigenvalue weighted by atomic mass is 10.0. The maximum atomic E-state index is 2.29. The highest BCUT2D eigenvalue weighted by molar-refractivity contribution is 5.47. The van der Waals surface area contributed by atoms with Gasteiger partial charge in [0, 0.05) is 19.3 Å². The Hall–Kier alpha value is -2.54. The molecular formula is C22H23N. The molecule has 0 spiro atoms. The first-order valence-electron chi connectivity index (χ1n) is 8.19. The Bertz CT molecular complexity index is 702. The molecule has 116 valence electrons. The predicted molar refractivity (Wildman–Crippen MR) is 98.8 cm³/mol. The fourth-order valence-electron chi connectivity index (χ4n) is 2.80. The van der Waals surface area contributed by atoms with Crippen LogP contribution in [0, 0.1) is 0 Å². The van der Waals surface area contributed by atoms with Crippen LogP contribution < -0.4 is 4.90 Å². The van der Waals surface area contributed by atoms with Gasteiger partial charge in [-0.15, -0.1) is 0 Å². The summed E-state index contributed by atoms with van der Waals surface area (Å²) in [6.45, 7) is 0.935. The lowest BCUT2D eigenvalue weighted by Gasteiger charge is -2.19. The Balaban J connectivity index is 1.58. The van der Waals surface area contributed by atoms with E-state index in [9.17, 15) is 0 Å². The number of anilines is 1. The minimum absolute atomic E-state index is 0.935. The predicted octanol–water partition coefficient (Wildman–Crippen LogP) is 5.11. The van der Waals surface area contributed by atoms with Gasteiger partial charge in [-0.2, -0.15) is 0 Å². The van der Waals surface area contributed by atoms with Gasteiger partial charge in [-0.3, -0.25) is 0 Å². The van der Waals surface area contributed by atoms with E-state index in [4.69, 9.17) is 0 Å². The van der Waals surface area contributed by atoms with Gasteiger partial charge in [0.2, 0.25) is 0 Å². The Morgan fingerprint density at radius 3 is 1.61 bits per heavy atom. The maximum Gasteiger partial charge on any atom is 0.0426 e. The molecular weight excluding hydrogens is 278 g/mol. The summed E-state index contributed by atoms with van der Waals surface area (Å²) < 4.78 is 0. The van der Waals surface area contributed by atoms with E-state index >= 15 is 0 Å². The van der Waals surface area contributed by atoms with Crippen LogP contribution in [0.1, 0.15) is 16.7 Å². The normalized spacial score (nSPS) is 10.5. The van der Waals surface area contributed by atoms with Gasteiger partial charge in [-0.25, -0.2) is 0 Å². The van der Waals surface area contributed by atoms with Crippen molar-refractivity contribution in [3.8, 4) is 0 Å². The number of hydrogen-bond donors (Lipinski definition) is 0. The van der Waals surface area contributed by atoms with Crippen LogP contribution in [-0.2, 0) is 19.4 Å². The second-order valence-electron chi connectivity index (χ2n) is 5.99. The molecule has 3 rings (SSSR count). The molecule has 0 atom stereocenters. The molecule has 1 nitrogen and oxygen atoms in total. The number of rotatable bonds is 6. The van der Waals surface area contributed by atoms with Crippen molar-refractivity contribution >= 4 is 5.69 Å². The molecule has 1 heteroatoms. The van der Waals surface area contributed by atoms with Gasteiger partial charge in [-0.1, -0.05) is 72.8 Å². The summed E-state index contributed by atoms with van der Waals surface area (Å²) >= 11 is 0. The van der Waals surface area contributed by atoms with Crippen molar-refractivity contribution < 1.29 is 0 Å². The lowest BCUT2D eigenvalue weighted by molar-refractivity contribution is 0.918. The topological polar surface area (TPSA) is 3.24 Å². The van der Waals surface area contributed by atoms with Crippen LogP contribution in [-0.4, -0.2) is 7.05 Å². The third-order valence-corrected chi connectivity index (χ3v) is 4.18. The minimum atomic E-state index is 0.935. The monoisotopic (exact) mass is 301 g/mol. The summed E-state index contributed by atoms with van der Waals surface area (Å²) in [5.41, 5.74) is 5.39. The highest BCUT2D eigenvalue weighted by Crippen LogP contribution is 2.17. The smallest absolute Gasteiger partial charge is 0.0426 e. The molecule has 0 aliphatic rings. The zero-order valence-corrected chi connectivity index (χ0v) is 13.7. The Kier molecular flexibility index (Phi) is 5.10. The molecule has 0 N–H and O–H groups in total. The van der Waals surface area contributed by atoms with E-state index in [0.29, 0.717) is 0 Å². The molecule has 0 unspecified atom stereocenters. The van der Waals surface area contributed by atoms with Gasteiger partial charge >= 0.3 is 0 Å². The van der Waals surface area contributed by atoms with Crippen LogP contribution in [0.15, 0.2) is 84.9 Å². The van der Waals surface area contributed by atoms with E-state index in [1.54, 1.807) is 0 Å². The molecule has 23 heavy (non-hydrogen) atoms. The van der Waals surface area contributed by atoms with Crippen LogP contribution in [0.3, 0.4) is 0 Å². The van der Waals surface area contributed by atoms with Gasteiger partial charge in [0.15, 0.2) is 0 Å². The Morgan fingerprint density at radius 2 is 1.04 bits per heavy atom. The van der Waals surface area contributed by atoms with Crippen molar-refractivity contribution in [3.05, 3.63) is 102 Å². The van der Waals surface area contributed by atoms with E-state index in [-0.39, 0.29) is 0 Å². The quantitative estimate of drug-likeness (QED) is 0.611. The van der Waals surface area contributed by atoms with Crippen LogP contribution in [0.4, 0.5) is 5.69 Å². The third-order valence-electron chi connectivity index (χ3n) is 4.18. The SMILES string of the molecule is CN(Cc1ccccc1)c1ccc(CCc2ccccc2)cc1. The molecule has 0 aliphatic carbocycles. The molecule has 0 aliphatic heterocycles. The highest BCUT2D eigenvalue weighted by Gasteiger charge is 2.02. The fraction of sp³-hybridized carbons (Fsp3) is 0.182. The van der Waals surface area contributed by atoms with Crippen molar-refractivity contribution in [2.75, 3.05) is 11.9 Å². The standard InChI is InChI=1S/C22H23N/c1-23(18-21-10-6-3-7-11-21)22-16-14-20(15-17-22)13-12-19-8-4-2-5-9-19/h2-11,14-17H,12-13,18H2,1H3. The van der Waals surface area contributed by atoms with Crippen molar-refractivity contribution in [3.63, 3.8) is 0 Å². The first-order valence-corrected chi connectivity index (χ1v) is 8.19. The number of aryl methyl sites for hydroxylation is 2. The zero-order valence-electron chi connectivity index (χ0n) is 13.7. The Morgan fingerprint density at radius 1 is 0.565 bits per heavy atom. The number of hydrogen-bond acceptors (Lipinski definition) is 1. The maximum absolute atomic E-state index is 2.29. The average molecular weight is 301 g/mol. The van der Waals surface area contributed by atoms with Crippen molar-refractivity contribution in [1.29, 1.82) is 0 Å². The third kappa shape index (κ3) is 4.46. The number of benzene rings is 3.